The second kappa shape index (κ2) is 7.20. The van der Waals surface area contributed by atoms with E-state index in [0.717, 1.165) is 0 Å². The van der Waals surface area contributed by atoms with Gasteiger partial charge in [-0.3, -0.25) is 4.79 Å². The third-order valence-corrected chi connectivity index (χ3v) is 0.602. The van der Waals surface area contributed by atoms with Gasteiger partial charge in [-0.15, -0.1) is 0 Å². The predicted molar refractivity (Wildman–Crippen MR) is 29.8 cm³/mol. The standard InChI is InChI=1S/C6H11O.HI.Pt/c1-6(2,3)4-5-7;;/h4H2,1-3H3;1H;/p-1. The van der Waals surface area contributed by atoms with E-state index in [4.69, 9.17) is 0 Å². The molecule has 1 nitrogen and oxygen atoms in total. The van der Waals surface area contributed by atoms with Gasteiger partial charge in [-0.25, -0.2) is 0 Å². The predicted octanol–water partition coefficient (Wildman–Crippen LogP) is -1.47. The first-order valence-electron chi connectivity index (χ1n) is 2.41. The Kier molecular flexibility index (Phi) is 13.3. The van der Waals surface area contributed by atoms with Crippen molar-refractivity contribution >= 4 is 6.29 Å². The number of rotatable bonds is 1. The molecule has 0 bridgehead atoms. The van der Waals surface area contributed by atoms with Gasteiger partial charge in [-0.2, -0.15) is 0 Å². The van der Waals surface area contributed by atoms with Crippen molar-refractivity contribution in [3.8, 4) is 0 Å². The van der Waals surface area contributed by atoms with Crippen LogP contribution >= 0.6 is 0 Å². The summed E-state index contributed by atoms with van der Waals surface area (Å²) < 4.78 is 0. The van der Waals surface area contributed by atoms with Gasteiger partial charge in [-0.05, 0) is 5.41 Å². The topological polar surface area (TPSA) is 17.1 Å². The van der Waals surface area contributed by atoms with Crippen molar-refractivity contribution in [3.63, 3.8) is 0 Å². The van der Waals surface area contributed by atoms with Crippen LogP contribution in [0.4, 0.5) is 0 Å². The Morgan fingerprint density at radius 2 is 1.67 bits per heavy atom. The second-order valence-electron chi connectivity index (χ2n) is 2.88. The first-order valence-corrected chi connectivity index (χ1v) is 2.41. The number of hydrogen-bond acceptors (Lipinski definition) is 1. The van der Waals surface area contributed by atoms with Gasteiger partial charge < -0.3 is 24.0 Å². The molecular weight excluding hydrogens is 410 g/mol. The summed E-state index contributed by atoms with van der Waals surface area (Å²) in [5, 5.41) is 0. The molecule has 0 atom stereocenters. The van der Waals surface area contributed by atoms with Gasteiger partial charge in [0.1, 0.15) is 0 Å². The summed E-state index contributed by atoms with van der Waals surface area (Å²) in [6, 6.07) is 0. The Morgan fingerprint density at radius 3 is 1.67 bits per heavy atom. The van der Waals surface area contributed by atoms with E-state index in [-0.39, 0.29) is 50.5 Å². The zero-order chi connectivity index (χ0) is 5.91. The second-order valence-corrected chi connectivity index (χ2v) is 2.88. The molecule has 9 heavy (non-hydrogen) atoms. The minimum absolute atomic E-state index is 0. The molecule has 0 aliphatic heterocycles. The molecule has 0 saturated carbocycles. The summed E-state index contributed by atoms with van der Waals surface area (Å²) in [7, 11) is 0. The fourth-order valence-electron chi connectivity index (χ4n) is 0.217. The van der Waals surface area contributed by atoms with E-state index in [1.165, 1.54) is 0 Å². The molecule has 3 heteroatoms. The van der Waals surface area contributed by atoms with E-state index < -0.39 is 0 Å². The third-order valence-electron chi connectivity index (χ3n) is 0.602. The smallest absolute Gasteiger partial charge is 0.198 e. The van der Waals surface area contributed by atoms with Gasteiger partial charge >= 0.3 is 0 Å². The van der Waals surface area contributed by atoms with Crippen molar-refractivity contribution in [2.75, 3.05) is 0 Å². The SMILES string of the molecule is CC(C)(C)C[C]=O.[I-].[Pt]. The van der Waals surface area contributed by atoms with Crippen molar-refractivity contribution in [1.82, 2.24) is 0 Å². The Bertz CT molecular complexity index is 67.9. The van der Waals surface area contributed by atoms with Gasteiger partial charge in [0, 0.05) is 27.5 Å². The van der Waals surface area contributed by atoms with Crippen molar-refractivity contribution in [1.29, 1.82) is 0 Å². The van der Waals surface area contributed by atoms with Crippen LogP contribution in [0, 0.1) is 5.41 Å². The maximum atomic E-state index is 9.70. The summed E-state index contributed by atoms with van der Waals surface area (Å²) in [6.07, 6.45) is 2.39. The molecule has 0 heterocycles. The van der Waals surface area contributed by atoms with E-state index in [1.54, 1.807) is 0 Å². The Labute approximate surface area is 88.3 Å². The summed E-state index contributed by atoms with van der Waals surface area (Å²) in [6.45, 7) is 6.04. The van der Waals surface area contributed by atoms with Crippen LogP contribution in [0.5, 0.6) is 0 Å². The fourth-order valence-corrected chi connectivity index (χ4v) is 0.217. The minimum atomic E-state index is 0. The fraction of sp³-hybridized carbons (Fsp3) is 0.833. The molecule has 0 saturated heterocycles. The average Bonchev–Trinajstić information content (AvgIpc) is 1.30. The van der Waals surface area contributed by atoms with Gasteiger partial charge in [0.15, 0.2) is 6.29 Å². The number of carbonyl (C=O) groups excluding carboxylic acids is 1. The summed E-state index contributed by atoms with van der Waals surface area (Å²) in [5.41, 5.74) is 0.127. The van der Waals surface area contributed by atoms with E-state index in [1.807, 2.05) is 27.1 Å². The average molecular weight is 421 g/mol. The summed E-state index contributed by atoms with van der Waals surface area (Å²) in [4.78, 5) is 9.70. The Hall–Kier alpha value is 1.09. The van der Waals surface area contributed by atoms with Crippen LogP contribution in [0.3, 0.4) is 0 Å². The molecule has 59 valence electrons. The van der Waals surface area contributed by atoms with Crippen molar-refractivity contribution in [2.45, 2.75) is 27.2 Å². The normalized spacial score (nSPS) is 8.78. The van der Waals surface area contributed by atoms with Crippen LogP contribution < -0.4 is 24.0 Å². The Balaban J connectivity index is -0.000000180. The van der Waals surface area contributed by atoms with E-state index in [0.29, 0.717) is 6.42 Å². The van der Waals surface area contributed by atoms with Crippen LogP contribution in [0.2, 0.25) is 0 Å². The van der Waals surface area contributed by atoms with Crippen LogP contribution in [-0.2, 0) is 25.9 Å². The first-order chi connectivity index (χ1) is 3.06. The molecule has 0 amide bonds. The maximum absolute atomic E-state index is 9.70. The molecular formula is C6H11IOPt-. The van der Waals surface area contributed by atoms with Gasteiger partial charge in [0.05, 0.1) is 0 Å². The van der Waals surface area contributed by atoms with E-state index >= 15 is 0 Å². The van der Waals surface area contributed by atoms with Crippen molar-refractivity contribution < 1.29 is 49.8 Å². The molecule has 0 spiro atoms. The molecule has 0 rings (SSSR count). The summed E-state index contributed by atoms with van der Waals surface area (Å²) in [5.74, 6) is 0. The molecule has 0 aliphatic carbocycles. The molecule has 0 N–H and O–H groups in total. The van der Waals surface area contributed by atoms with Crippen LogP contribution in [0.25, 0.3) is 0 Å². The Morgan fingerprint density at radius 1 is 1.33 bits per heavy atom. The molecule has 0 aromatic heterocycles. The quantitative estimate of drug-likeness (QED) is 0.473. The number of halogens is 1. The zero-order valence-electron chi connectivity index (χ0n) is 5.81. The van der Waals surface area contributed by atoms with Crippen LogP contribution in [-0.4, -0.2) is 6.29 Å². The van der Waals surface area contributed by atoms with E-state index in [2.05, 4.69) is 0 Å². The molecule has 0 unspecified atom stereocenters. The van der Waals surface area contributed by atoms with Gasteiger partial charge in [-0.1, -0.05) is 20.8 Å². The molecule has 0 fully saturated rings. The van der Waals surface area contributed by atoms with Crippen molar-refractivity contribution in [3.05, 3.63) is 0 Å². The van der Waals surface area contributed by atoms with Gasteiger partial charge in [0.25, 0.3) is 0 Å². The van der Waals surface area contributed by atoms with Gasteiger partial charge in [0.2, 0.25) is 0 Å². The number of hydrogen-bond donors (Lipinski definition) is 0. The minimum Gasteiger partial charge on any atom is -1.00 e. The van der Waals surface area contributed by atoms with Crippen molar-refractivity contribution in [2.24, 2.45) is 5.41 Å². The largest absolute Gasteiger partial charge is 1.00 e. The molecule has 0 aromatic carbocycles. The van der Waals surface area contributed by atoms with E-state index in [9.17, 15) is 4.79 Å². The van der Waals surface area contributed by atoms with Crippen LogP contribution in [0.1, 0.15) is 27.2 Å². The molecule has 1 radical (unpaired) electrons. The first kappa shape index (κ1) is 16.6. The third kappa shape index (κ3) is 17.6. The molecule has 0 aliphatic rings. The molecule has 0 aromatic rings. The maximum Gasteiger partial charge on any atom is 0.198 e. The summed E-state index contributed by atoms with van der Waals surface area (Å²) >= 11 is 0. The van der Waals surface area contributed by atoms with Crippen LogP contribution in [0.15, 0.2) is 0 Å². The monoisotopic (exact) mass is 421 g/mol. The zero-order valence-corrected chi connectivity index (χ0v) is 10.2.